The van der Waals surface area contributed by atoms with E-state index in [1.165, 1.54) is 12.1 Å². The molecule has 22 heavy (non-hydrogen) atoms. The van der Waals surface area contributed by atoms with Crippen LogP contribution in [-0.2, 0) is 11.2 Å². The number of rotatable bonds is 5. The normalized spacial score (nSPS) is 16.0. The third kappa shape index (κ3) is 3.45. The Balaban J connectivity index is 1.46. The second kappa shape index (κ2) is 6.60. The molecule has 2 aromatic carbocycles. The van der Waals surface area contributed by atoms with Crippen molar-refractivity contribution in [3.05, 3.63) is 65.5 Å². The Bertz CT molecular complexity index is 654. The van der Waals surface area contributed by atoms with Crippen LogP contribution in [0.15, 0.2) is 48.5 Å². The maximum absolute atomic E-state index is 12.8. The Morgan fingerprint density at radius 1 is 1.18 bits per heavy atom. The van der Waals surface area contributed by atoms with Crippen LogP contribution in [0, 0.1) is 5.82 Å². The Morgan fingerprint density at radius 2 is 1.95 bits per heavy atom. The van der Waals surface area contributed by atoms with Gasteiger partial charge in [0.25, 0.3) is 0 Å². The third-order valence-corrected chi connectivity index (χ3v) is 3.90. The molecule has 0 aliphatic carbocycles. The van der Waals surface area contributed by atoms with Gasteiger partial charge in [-0.3, -0.25) is 4.79 Å². The Labute approximate surface area is 129 Å². The lowest BCUT2D eigenvalue weighted by atomic mass is 10.0. The van der Waals surface area contributed by atoms with E-state index in [9.17, 15) is 9.18 Å². The van der Waals surface area contributed by atoms with Crippen molar-refractivity contribution in [3.8, 4) is 5.75 Å². The maximum atomic E-state index is 12.8. The first kappa shape index (κ1) is 14.6. The average Bonchev–Trinajstić information content (AvgIpc) is 2.96. The zero-order valence-corrected chi connectivity index (χ0v) is 12.2. The molecule has 1 aliphatic rings. The van der Waals surface area contributed by atoms with Crippen LogP contribution in [0.5, 0.6) is 5.75 Å². The summed E-state index contributed by atoms with van der Waals surface area (Å²) in [7, 11) is 0. The number of fused-ring (bicyclic) bond motifs is 1. The van der Waals surface area contributed by atoms with Crippen molar-refractivity contribution in [1.82, 2.24) is 5.32 Å². The molecule has 1 atom stereocenters. The minimum Gasteiger partial charge on any atom is -0.493 e. The topological polar surface area (TPSA) is 38.3 Å². The van der Waals surface area contributed by atoms with Crippen LogP contribution < -0.4 is 10.1 Å². The SMILES string of the molecule is O=C(CCc1ccc(F)cc1)NCC1COc2ccccc21. The van der Waals surface area contributed by atoms with E-state index in [4.69, 9.17) is 4.74 Å². The molecule has 1 aliphatic heterocycles. The van der Waals surface area contributed by atoms with E-state index in [0.717, 1.165) is 16.9 Å². The molecule has 4 heteroatoms. The Morgan fingerprint density at radius 3 is 2.77 bits per heavy atom. The number of hydrogen-bond acceptors (Lipinski definition) is 2. The molecule has 2 aromatic rings. The summed E-state index contributed by atoms with van der Waals surface area (Å²) < 4.78 is 18.4. The zero-order chi connectivity index (χ0) is 15.4. The van der Waals surface area contributed by atoms with E-state index in [2.05, 4.69) is 5.32 Å². The largest absolute Gasteiger partial charge is 0.493 e. The summed E-state index contributed by atoms with van der Waals surface area (Å²) in [6, 6.07) is 14.2. The molecule has 114 valence electrons. The van der Waals surface area contributed by atoms with Crippen LogP contribution in [0.1, 0.15) is 23.5 Å². The molecule has 3 rings (SSSR count). The predicted molar refractivity (Wildman–Crippen MR) is 82.4 cm³/mol. The van der Waals surface area contributed by atoms with E-state index in [1.807, 2.05) is 24.3 Å². The number of ether oxygens (including phenoxy) is 1. The van der Waals surface area contributed by atoms with Gasteiger partial charge in [-0.15, -0.1) is 0 Å². The summed E-state index contributed by atoms with van der Waals surface area (Å²) in [6.07, 6.45) is 1.02. The summed E-state index contributed by atoms with van der Waals surface area (Å²) in [4.78, 5) is 11.9. The maximum Gasteiger partial charge on any atom is 0.220 e. The molecule has 1 N–H and O–H groups in total. The van der Waals surface area contributed by atoms with Crippen LogP contribution in [0.4, 0.5) is 4.39 Å². The molecule has 0 bridgehead atoms. The van der Waals surface area contributed by atoms with Gasteiger partial charge in [-0.2, -0.15) is 0 Å². The van der Waals surface area contributed by atoms with Gasteiger partial charge in [0.2, 0.25) is 5.91 Å². The number of nitrogens with one attached hydrogen (secondary N) is 1. The Kier molecular flexibility index (Phi) is 4.37. The number of para-hydroxylation sites is 1. The summed E-state index contributed by atoms with van der Waals surface area (Å²) in [5.41, 5.74) is 2.12. The summed E-state index contributed by atoms with van der Waals surface area (Å²) in [5.74, 6) is 0.876. The minimum atomic E-state index is -0.256. The number of carbonyl (C=O) groups is 1. The van der Waals surface area contributed by atoms with Gasteiger partial charge in [0.1, 0.15) is 11.6 Å². The van der Waals surface area contributed by atoms with Crippen molar-refractivity contribution in [2.24, 2.45) is 0 Å². The van der Waals surface area contributed by atoms with E-state index in [1.54, 1.807) is 12.1 Å². The lowest BCUT2D eigenvalue weighted by molar-refractivity contribution is -0.121. The molecular weight excluding hydrogens is 281 g/mol. The van der Waals surface area contributed by atoms with Crippen LogP contribution >= 0.6 is 0 Å². The number of aryl methyl sites for hydroxylation is 1. The van der Waals surface area contributed by atoms with Crippen LogP contribution in [0.3, 0.4) is 0 Å². The second-order valence-electron chi connectivity index (χ2n) is 5.48. The van der Waals surface area contributed by atoms with Crippen LogP contribution in [0.25, 0.3) is 0 Å². The molecule has 0 aromatic heterocycles. The van der Waals surface area contributed by atoms with Crippen molar-refractivity contribution in [1.29, 1.82) is 0 Å². The number of hydrogen-bond donors (Lipinski definition) is 1. The number of benzene rings is 2. The van der Waals surface area contributed by atoms with Crippen molar-refractivity contribution in [2.75, 3.05) is 13.2 Å². The highest BCUT2D eigenvalue weighted by Crippen LogP contribution is 2.32. The summed E-state index contributed by atoms with van der Waals surface area (Å²) >= 11 is 0. The number of halogens is 1. The molecule has 3 nitrogen and oxygen atoms in total. The van der Waals surface area contributed by atoms with Crippen molar-refractivity contribution >= 4 is 5.91 Å². The van der Waals surface area contributed by atoms with E-state index in [0.29, 0.717) is 26.0 Å². The first-order valence-electron chi connectivity index (χ1n) is 7.45. The van der Waals surface area contributed by atoms with Gasteiger partial charge in [-0.25, -0.2) is 4.39 Å². The molecule has 0 radical (unpaired) electrons. The van der Waals surface area contributed by atoms with Gasteiger partial charge in [0, 0.05) is 24.4 Å². The van der Waals surface area contributed by atoms with Gasteiger partial charge in [0.15, 0.2) is 0 Å². The smallest absolute Gasteiger partial charge is 0.220 e. The van der Waals surface area contributed by atoms with Crippen LogP contribution in [-0.4, -0.2) is 19.1 Å². The first-order chi connectivity index (χ1) is 10.7. The molecule has 0 fully saturated rings. The zero-order valence-electron chi connectivity index (χ0n) is 12.2. The van der Waals surface area contributed by atoms with Crippen molar-refractivity contribution < 1.29 is 13.9 Å². The molecule has 0 saturated heterocycles. The molecule has 0 saturated carbocycles. The highest BCUT2D eigenvalue weighted by atomic mass is 19.1. The minimum absolute atomic E-state index is 0.00806. The fourth-order valence-electron chi connectivity index (χ4n) is 2.63. The first-order valence-corrected chi connectivity index (χ1v) is 7.45. The molecular formula is C18H18FNO2. The van der Waals surface area contributed by atoms with Gasteiger partial charge in [-0.05, 0) is 30.2 Å². The summed E-state index contributed by atoms with van der Waals surface area (Å²) in [6.45, 7) is 1.19. The van der Waals surface area contributed by atoms with Gasteiger partial charge >= 0.3 is 0 Å². The quantitative estimate of drug-likeness (QED) is 0.921. The number of amides is 1. The Hall–Kier alpha value is -2.36. The monoisotopic (exact) mass is 299 g/mol. The van der Waals surface area contributed by atoms with E-state index < -0.39 is 0 Å². The molecule has 0 spiro atoms. The lowest BCUT2D eigenvalue weighted by Crippen LogP contribution is -2.29. The standard InChI is InChI=1S/C18H18FNO2/c19-15-8-5-13(6-9-15)7-10-18(21)20-11-14-12-22-17-4-2-1-3-16(14)17/h1-6,8-9,14H,7,10-12H2,(H,20,21). The van der Waals surface area contributed by atoms with Gasteiger partial charge in [0.05, 0.1) is 6.61 Å². The van der Waals surface area contributed by atoms with E-state index in [-0.39, 0.29) is 17.6 Å². The molecule has 1 amide bonds. The highest BCUT2D eigenvalue weighted by molar-refractivity contribution is 5.76. The number of carbonyl (C=O) groups excluding carboxylic acids is 1. The highest BCUT2D eigenvalue weighted by Gasteiger charge is 2.23. The third-order valence-electron chi connectivity index (χ3n) is 3.90. The van der Waals surface area contributed by atoms with Gasteiger partial charge in [-0.1, -0.05) is 30.3 Å². The van der Waals surface area contributed by atoms with Crippen molar-refractivity contribution in [3.63, 3.8) is 0 Å². The molecule has 1 unspecified atom stereocenters. The van der Waals surface area contributed by atoms with Crippen molar-refractivity contribution in [2.45, 2.75) is 18.8 Å². The molecule has 1 heterocycles. The lowest BCUT2D eigenvalue weighted by Gasteiger charge is -2.10. The second-order valence-corrected chi connectivity index (χ2v) is 5.48. The predicted octanol–water partition coefficient (Wildman–Crippen LogP) is 3.05. The van der Waals surface area contributed by atoms with E-state index >= 15 is 0 Å². The average molecular weight is 299 g/mol. The fourth-order valence-corrected chi connectivity index (χ4v) is 2.63. The fraction of sp³-hybridized carbons (Fsp3) is 0.278. The van der Waals surface area contributed by atoms with Crippen LogP contribution in [0.2, 0.25) is 0 Å². The summed E-state index contributed by atoms with van der Waals surface area (Å²) in [5, 5.41) is 2.95. The van der Waals surface area contributed by atoms with Gasteiger partial charge < -0.3 is 10.1 Å².